The van der Waals surface area contributed by atoms with Gasteiger partial charge in [-0.1, -0.05) is 56.3 Å². The molecule has 0 unspecified atom stereocenters. The van der Waals surface area contributed by atoms with Crippen LogP contribution in [0.2, 0.25) is 0 Å². The number of aromatic nitrogens is 1. The number of rotatable bonds is 8. The second kappa shape index (κ2) is 10.1. The molecule has 1 atom stereocenters. The van der Waals surface area contributed by atoms with Gasteiger partial charge in [0.15, 0.2) is 12.3 Å². The summed E-state index contributed by atoms with van der Waals surface area (Å²) < 4.78 is 10.7. The van der Waals surface area contributed by atoms with Crippen molar-refractivity contribution in [2.75, 3.05) is 6.61 Å². The van der Waals surface area contributed by atoms with Crippen LogP contribution in [0, 0.1) is 12.8 Å². The Kier molecular flexibility index (Phi) is 7.23. The van der Waals surface area contributed by atoms with E-state index in [0.717, 1.165) is 17.5 Å². The van der Waals surface area contributed by atoms with Crippen LogP contribution >= 0.6 is 0 Å². The molecule has 0 bridgehead atoms. The Morgan fingerprint density at radius 2 is 1.71 bits per heavy atom. The molecule has 0 fully saturated rings. The maximum absolute atomic E-state index is 12.4. The maximum Gasteiger partial charge on any atom is 0.361 e. The molecular formula is C25H28N2O4. The summed E-state index contributed by atoms with van der Waals surface area (Å²) in [5.41, 5.74) is 3.09. The number of hydrogen-bond donors (Lipinski definition) is 1. The van der Waals surface area contributed by atoms with E-state index in [1.807, 2.05) is 49.4 Å². The minimum Gasteiger partial charge on any atom is -0.451 e. The summed E-state index contributed by atoms with van der Waals surface area (Å²) in [6.07, 6.45) is 1.02. The van der Waals surface area contributed by atoms with E-state index >= 15 is 0 Å². The highest BCUT2D eigenvalue weighted by Crippen LogP contribution is 2.22. The van der Waals surface area contributed by atoms with Crippen LogP contribution in [0.4, 0.5) is 0 Å². The summed E-state index contributed by atoms with van der Waals surface area (Å²) in [6, 6.07) is 17.3. The van der Waals surface area contributed by atoms with Crippen LogP contribution in [0.5, 0.6) is 0 Å². The van der Waals surface area contributed by atoms with Crippen molar-refractivity contribution in [1.82, 2.24) is 10.3 Å². The van der Waals surface area contributed by atoms with E-state index < -0.39 is 5.97 Å². The highest BCUT2D eigenvalue weighted by molar-refractivity contribution is 5.91. The van der Waals surface area contributed by atoms with Crippen molar-refractivity contribution in [3.63, 3.8) is 0 Å². The van der Waals surface area contributed by atoms with E-state index in [9.17, 15) is 9.59 Å². The monoisotopic (exact) mass is 420 g/mol. The molecular weight excluding hydrogens is 392 g/mol. The average Bonchev–Trinajstić information content (AvgIpc) is 3.14. The van der Waals surface area contributed by atoms with Gasteiger partial charge in [0.05, 0.1) is 6.04 Å². The van der Waals surface area contributed by atoms with Crippen LogP contribution in [0.1, 0.15) is 54.2 Å². The molecule has 0 radical (unpaired) electrons. The van der Waals surface area contributed by atoms with Crippen molar-refractivity contribution in [3.05, 3.63) is 77.2 Å². The molecule has 1 aromatic heterocycles. The lowest BCUT2D eigenvalue weighted by Crippen LogP contribution is -2.31. The van der Waals surface area contributed by atoms with Crippen LogP contribution in [0.3, 0.4) is 0 Å². The first-order chi connectivity index (χ1) is 14.8. The number of carbonyl (C=O) groups excluding carboxylic acids is 2. The van der Waals surface area contributed by atoms with Gasteiger partial charge >= 0.3 is 5.97 Å². The number of ether oxygens (including phenoxy) is 1. The molecule has 2 aromatic carbocycles. The van der Waals surface area contributed by atoms with Gasteiger partial charge in [0.25, 0.3) is 5.91 Å². The molecule has 0 saturated heterocycles. The first-order valence-corrected chi connectivity index (χ1v) is 10.4. The Labute approximate surface area is 182 Å². The average molecular weight is 421 g/mol. The molecule has 6 nitrogen and oxygen atoms in total. The Hall–Kier alpha value is -3.41. The normalized spacial score (nSPS) is 11.9. The van der Waals surface area contributed by atoms with Crippen LogP contribution in [-0.4, -0.2) is 23.5 Å². The Morgan fingerprint density at radius 3 is 2.35 bits per heavy atom. The van der Waals surface area contributed by atoms with E-state index in [1.165, 1.54) is 5.56 Å². The third-order valence-corrected chi connectivity index (χ3v) is 4.85. The molecule has 3 aromatic rings. The number of nitrogens with zero attached hydrogens (tertiary/aromatic N) is 1. The van der Waals surface area contributed by atoms with Gasteiger partial charge in [0, 0.05) is 5.56 Å². The Balaban J connectivity index is 1.53. The highest BCUT2D eigenvalue weighted by Gasteiger charge is 2.21. The molecule has 0 aliphatic heterocycles. The summed E-state index contributed by atoms with van der Waals surface area (Å²) in [5.74, 6) is 0.207. The molecule has 0 aliphatic carbocycles. The summed E-state index contributed by atoms with van der Waals surface area (Å²) >= 11 is 0. The zero-order valence-electron chi connectivity index (χ0n) is 18.3. The number of aryl methyl sites for hydroxylation is 1. The Bertz CT molecular complexity index is 1020. The quantitative estimate of drug-likeness (QED) is 0.525. The molecule has 0 saturated carbocycles. The molecule has 162 valence electrons. The first-order valence-electron chi connectivity index (χ1n) is 10.4. The van der Waals surface area contributed by atoms with E-state index in [2.05, 4.69) is 36.3 Å². The third kappa shape index (κ3) is 6.04. The van der Waals surface area contributed by atoms with E-state index in [4.69, 9.17) is 9.15 Å². The predicted molar refractivity (Wildman–Crippen MR) is 119 cm³/mol. The number of amides is 1. The molecule has 1 heterocycles. The van der Waals surface area contributed by atoms with Crippen LogP contribution in [0.25, 0.3) is 11.5 Å². The van der Waals surface area contributed by atoms with Gasteiger partial charge in [-0.3, -0.25) is 4.79 Å². The predicted octanol–water partition coefficient (Wildman–Crippen LogP) is 4.88. The zero-order valence-corrected chi connectivity index (χ0v) is 18.3. The van der Waals surface area contributed by atoms with Crippen molar-refractivity contribution in [1.29, 1.82) is 0 Å². The lowest BCUT2D eigenvalue weighted by atomic mass is 10.00. The minimum absolute atomic E-state index is 0.0699. The fourth-order valence-electron chi connectivity index (χ4n) is 3.27. The molecule has 6 heteroatoms. The van der Waals surface area contributed by atoms with Crippen molar-refractivity contribution in [3.8, 4) is 11.5 Å². The summed E-state index contributed by atoms with van der Waals surface area (Å²) in [5, 5.41) is 2.85. The maximum atomic E-state index is 12.4. The van der Waals surface area contributed by atoms with Gasteiger partial charge in [-0.15, -0.1) is 0 Å². The fourth-order valence-corrected chi connectivity index (χ4v) is 3.27. The van der Waals surface area contributed by atoms with Gasteiger partial charge in [-0.2, -0.15) is 0 Å². The number of nitrogens with one attached hydrogen (secondary N) is 1. The highest BCUT2D eigenvalue weighted by atomic mass is 16.5. The second-order valence-electron chi connectivity index (χ2n) is 7.99. The van der Waals surface area contributed by atoms with E-state index in [1.54, 1.807) is 6.92 Å². The first kappa shape index (κ1) is 22.3. The fraction of sp³-hybridized carbons (Fsp3) is 0.320. The topological polar surface area (TPSA) is 81.4 Å². The van der Waals surface area contributed by atoms with Gasteiger partial charge in [-0.25, -0.2) is 9.78 Å². The van der Waals surface area contributed by atoms with Gasteiger partial charge in [-0.05, 0) is 49.4 Å². The summed E-state index contributed by atoms with van der Waals surface area (Å²) in [4.78, 5) is 28.8. The summed E-state index contributed by atoms with van der Waals surface area (Å²) in [7, 11) is 0. The van der Waals surface area contributed by atoms with Gasteiger partial charge in [0.2, 0.25) is 5.89 Å². The summed E-state index contributed by atoms with van der Waals surface area (Å²) in [6.45, 7) is 7.51. The number of benzene rings is 2. The van der Waals surface area contributed by atoms with E-state index in [0.29, 0.717) is 17.6 Å². The lowest BCUT2D eigenvalue weighted by molar-refractivity contribution is -0.124. The van der Waals surface area contributed by atoms with Gasteiger partial charge < -0.3 is 14.5 Å². The molecule has 1 amide bonds. The standard InChI is InChI=1S/C25H28N2O4/c1-16(2)14-19-10-12-20(13-11-19)17(3)26-22(28)15-30-25(29)23-18(4)31-24(27-23)21-8-6-5-7-9-21/h5-13,16-17H,14-15H2,1-4H3,(H,26,28)/t17-/m0/s1. The lowest BCUT2D eigenvalue weighted by Gasteiger charge is -2.15. The SMILES string of the molecule is Cc1oc(-c2ccccc2)nc1C(=O)OCC(=O)N[C@@H](C)c1ccc(CC(C)C)cc1. The molecule has 0 aliphatic rings. The number of carbonyl (C=O) groups is 2. The molecule has 0 spiro atoms. The number of hydrogen-bond acceptors (Lipinski definition) is 5. The molecule has 1 N–H and O–H groups in total. The minimum atomic E-state index is -0.690. The third-order valence-electron chi connectivity index (χ3n) is 4.85. The van der Waals surface area contributed by atoms with Crippen molar-refractivity contribution >= 4 is 11.9 Å². The molecule has 3 rings (SSSR count). The van der Waals surface area contributed by atoms with Crippen molar-refractivity contribution < 1.29 is 18.7 Å². The second-order valence-corrected chi connectivity index (χ2v) is 7.99. The van der Waals surface area contributed by atoms with Crippen molar-refractivity contribution in [2.24, 2.45) is 5.92 Å². The smallest absolute Gasteiger partial charge is 0.361 e. The number of oxazole rings is 1. The van der Waals surface area contributed by atoms with Crippen LogP contribution in [0.15, 0.2) is 59.0 Å². The van der Waals surface area contributed by atoms with Crippen molar-refractivity contribution in [2.45, 2.75) is 40.2 Å². The van der Waals surface area contributed by atoms with Crippen LogP contribution < -0.4 is 5.32 Å². The number of esters is 1. The zero-order chi connectivity index (χ0) is 22.4. The largest absolute Gasteiger partial charge is 0.451 e. The van der Waals surface area contributed by atoms with Crippen LogP contribution in [-0.2, 0) is 16.0 Å². The van der Waals surface area contributed by atoms with Gasteiger partial charge in [0.1, 0.15) is 5.76 Å². The molecule has 31 heavy (non-hydrogen) atoms. The van der Waals surface area contributed by atoms with E-state index in [-0.39, 0.29) is 24.2 Å². The Morgan fingerprint density at radius 1 is 1.03 bits per heavy atom.